The molecular formula is C9H4BrNOS. The van der Waals surface area contributed by atoms with Gasteiger partial charge in [0.1, 0.15) is 17.4 Å². The predicted molar refractivity (Wildman–Crippen MR) is 55.9 cm³/mol. The lowest BCUT2D eigenvalue weighted by Crippen LogP contribution is -1.79. The van der Waals surface area contributed by atoms with E-state index in [4.69, 9.17) is 5.26 Å². The fourth-order valence-corrected chi connectivity index (χ4v) is 2.76. The minimum absolute atomic E-state index is 0.0318. The number of halogens is 1. The lowest BCUT2D eigenvalue weighted by molar-refractivity contribution is 0.474. The standard InChI is InChI=1S/C9H4BrNOS/c10-9-5-1-2-13-8(5)3-7(12)6(9)4-11/h1-3,12H. The lowest BCUT2D eigenvalue weighted by Gasteiger charge is -2.00. The van der Waals surface area contributed by atoms with E-state index in [1.807, 2.05) is 17.5 Å². The number of aromatic hydroxyl groups is 1. The molecule has 4 heteroatoms. The van der Waals surface area contributed by atoms with E-state index < -0.39 is 0 Å². The maximum Gasteiger partial charge on any atom is 0.135 e. The van der Waals surface area contributed by atoms with E-state index in [0.29, 0.717) is 10.0 Å². The van der Waals surface area contributed by atoms with Crippen LogP contribution in [0, 0.1) is 11.3 Å². The first-order valence-corrected chi connectivity index (χ1v) is 5.20. The van der Waals surface area contributed by atoms with Crippen LogP contribution >= 0.6 is 27.3 Å². The average molecular weight is 254 g/mol. The molecular weight excluding hydrogens is 250 g/mol. The summed E-state index contributed by atoms with van der Waals surface area (Å²) in [6, 6.07) is 5.49. The number of hydrogen-bond acceptors (Lipinski definition) is 3. The van der Waals surface area contributed by atoms with E-state index in [9.17, 15) is 5.11 Å². The number of phenolic OH excluding ortho intramolecular Hbond substituents is 1. The second kappa shape index (κ2) is 3.02. The molecule has 0 spiro atoms. The first-order valence-electron chi connectivity index (χ1n) is 3.53. The Labute approximate surface area is 87.2 Å². The normalized spacial score (nSPS) is 10.2. The summed E-state index contributed by atoms with van der Waals surface area (Å²) >= 11 is 4.83. The molecule has 2 rings (SSSR count). The summed E-state index contributed by atoms with van der Waals surface area (Å²) in [5, 5.41) is 21.1. The van der Waals surface area contributed by atoms with Gasteiger partial charge < -0.3 is 5.11 Å². The third kappa shape index (κ3) is 1.21. The molecule has 0 radical (unpaired) electrons. The molecule has 0 atom stereocenters. The van der Waals surface area contributed by atoms with Gasteiger partial charge in [-0.25, -0.2) is 0 Å². The molecule has 0 aliphatic carbocycles. The van der Waals surface area contributed by atoms with Crippen LogP contribution in [0.4, 0.5) is 0 Å². The minimum atomic E-state index is 0.0318. The largest absolute Gasteiger partial charge is 0.506 e. The van der Waals surface area contributed by atoms with Crippen molar-refractivity contribution in [2.75, 3.05) is 0 Å². The third-order valence-corrected chi connectivity index (χ3v) is 3.47. The Morgan fingerprint density at radius 2 is 2.31 bits per heavy atom. The minimum Gasteiger partial charge on any atom is -0.506 e. The zero-order chi connectivity index (χ0) is 9.42. The summed E-state index contributed by atoms with van der Waals surface area (Å²) in [7, 11) is 0. The summed E-state index contributed by atoms with van der Waals surface area (Å²) in [6.07, 6.45) is 0. The van der Waals surface area contributed by atoms with Crippen molar-refractivity contribution in [3.8, 4) is 11.8 Å². The van der Waals surface area contributed by atoms with Crippen LogP contribution in [-0.2, 0) is 0 Å². The highest BCUT2D eigenvalue weighted by atomic mass is 79.9. The Hall–Kier alpha value is -1.05. The molecule has 0 unspecified atom stereocenters. The molecule has 2 nitrogen and oxygen atoms in total. The van der Waals surface area contributed by atoms with E-state index in [1.54, 1.807) is 6.07 Å². The van der Waals surface area contributed by atoms with E-state index in [0.717, 1.165) is 10.1 Å². The summed E-state index contributed by atoms with van der Waals surface area (Å²) in [5.41, 5.74) is 0.297. The highest BCUT2D eigenvalue weighted by Crippen LogP contribution is 2.36. The van der Waals surface area contributed by atoms with Crippen molar-refractivity contribution in [2.24, 2.45) is 0 Å². The Morgan fingerprint density at radius 3 is 3.00 bits per heavy atom. The Kier molecular flexibility index (Phi) is 1.98. The molecule has 0 saturated heterocycles. The second-order valence-corrected chi connectivity index (χ2v) is 4.27. The molecule has 13 heavy (non-hydrogen) atoms. The summed E-state index contributed by atoms with van der Waals surface area (Å²) in [4.78, 5) is 0. The Bertz CT molecular complexity index is 512. The number of thiophene rings is 1. The van der Waals surface area contributed by atoms with Crippen LogP contribution in [0.25, 0.3) is 10.1 Å². The smallest absolute Gasteiger partial charge is 0.135 e. The van der Waals surface area contributed by atoms with Crippen LogP contribution in [-0.4, -0.2) is 5.11 Å². The van der Waals surface area contributed by atoms with Crippen molar-refractivity contribution >= 4 is 37.4 Å². The third-order valence-electron chi connectivity index (χ3n) is 1.79. The monoisotopic (exact) mass is 253 g/mol. The van der Waals surface area contributed by atoms with Crippen molar-refractivity contribution in [3.05, 3.63) is 27.5 Å². The molecule has 2 aromatic rings. The van der Waals surface area contributed by atoms with Crippen molar-refractivity contribution < 1.29 is 5.11 Å². The molecule has 0 saturated carbocycles. The molecule has 1 heterocycles. The second-order valence-electron chi connectivity index (χ2n) is 2.53. The lowest BCUT2D eigenvalue weighted by atomic mass is 10.1. The van der Waals surface area contributed by atoms with Gasteiger partial charge in [0.2, 0.25) is 0 Å². The highest BCUT2D eigenvalue weighted by molar-refractivity contribution is 9.10. The van der Waals surface area contributed by atoms with E-state index >= 15 is 0 Å². The average Bonchev–Trinajstić information content (AvgIpc) is 2.53. The molecule has 0 amide bonds. The fourth-order valence-electron chi connectivity index (χ4n) is 1.16. The number of hydrogen-bond donors (Lipinski definition) is 1. The molecule has 0 fully saturated rings. The molecule has 0 aliphatic heterocycles. The first-order chi connectivity index (χ1) is 6.24. The zero-order valence-corrected chi connectivity index (χ0v) is 8.82. The van der Waals surface area contributed by atoms with Gasteiger partial charge in [0, 0.05) is 14.6 Å². The van der Waals surface area contributed by atoms with E-state index in [2.05, 4.69) is 15.9 Å². The van der Waals surface area contributed by atoms with Gasteiger partial charge in [-0.2, -0.15) is 5.26 Å². The van der Waals surface area contributed by atoms with Gasteiger partial charge in [-0.3, -0.25) is 0 Å². The van der Waals surface area contributed by atoms with Gasteiger partial charge in [-0.15, -0.1) is 11.3 Å². The van der Waals surface area contributed by atoms with Crippen LogP contribution in [0.15, 0.2) is 22.0 Å². The number of rotatable bonds is 0. The Morgan fingerprint density at radius 1 is 1.54 bits per heavy atom. The number of fused-ring (bicyclic) bond motifs is 1. The Balaban J connectivity index is 2.95. The van der Waals surface area contributed by atoms with E-state index in [-0.39, 0.29) is 5.75 Å². The summed E-state index contributed by atoms with van der Waals surface area (Å²) < 4.78 is 1.65. The van der Waals surface area contributed by atoms with Gasteiger partial charge in [0.15, 0.2) is 0 Å². The number of nitriles is 1. The number of phenols is 1. The molecule has 0 bridgehead atoms. The molecule has 1 aromatic carbocycles. The topological polar surface area (TPSA) is 44.0 Å². The van der Waals surface area contributed by atoms with Gasteiger partial charge in [0.05, 0.1) is 0 Å². The van der Waals surface area contributed by atoms with Crippen LogP contribution in [0.3, 0.4) is 0 Å². The van der Waals surface area contributed by atoms with Crippen molar-refractivity contribution in [1.29, 1.82) is 5.26 Å². The van der Waals surface area contributed by atoms with Crippen molar-refractivity contribution in [1.82, 2.24) is 0 Å². The molecule has 1 N–H and O–H groups in total. The maximum atomic E-state index is 9.46. The van der Waals surface area contributed by atoms with Crippen LogP contribution < -0.4 is 0 Å². The fraction of sp³-hybridized carbons (Fsp3) is 0. The van der Waals surface area contributed by atoms with Gasteiger partial charge >= 0.3 is 0 Å². The summed E-state index contributed by atoms with van der Waals surface area (Å²) in [6.45, 7) is 0. The number of benzene rings is 1. The van der Waals surface area contributed by atoms with E-state index in [1.165, 1.54) is 11.3 Å². The molecule has 64 valence electrons. The SMILES string of the molecule is N#Cc1c(O)cc2sccc2c1Br. The maximum absolute atomic E-state index is 9.46. The van der Waals surface area contributed by atoms with Crippen LogP contribution in [0.5, 0.6) is 5.75 Å². The first kappa shape index (κ1) is 8.54. The van der Waals surface area contributed by atoms with Gasteiger partial charge in [-0.05, 0) is 33.4 Å². The molecule has 0 aliphatic rings. The summed E-state index contributed by atoms with van der Waals surface area (Å²) in [5.74, 6) is 0.0318. The predicted octanol–water partition coefficient (Wildman–Crippen LogP) is 3.24. The quantitative estimate of drug-likeness (QED) is 0.784. The zero-order valence-electron chi connectivity index (χ0n) is 6.41. The van der Waals surface area contributed by atoms with Crippen molar-refractivity contribution in [2.45, 2.75) is 0 Å². The van der Waals surface area contributed by atoms with Crippen molar-refractivity contribution in [3.63, 3.8) is 0 Å². The van der Waals surface area contributed by atoms with Gasteiger partial charge in [0.25, 0.3) is 0 Å². The van der Waals surface area contributed by atoms with Gasteiger partial charge in [-0.1, -0.05) is 0 Å². The number of nitrogens with zero attached hydrogens (tertiary/aromatic N) is 1. The molecule has 1 aromatic heterocycles. The highest BCUT2D eigenvalue weighted by Gasteiger charge is 2.10. The van der Waals surface area contributed by atoms with Crippen LogP contribution in [0.1, 0.15) is 5.56 Å². The van der Waals surface area contributed by atoms with Crippen LogP contribution in [0.2, 0.25) is 0 Å².